The van der Waals surface area contributed by atoms with Crippen molar-refractivity contribution in [2.75, 3.05) is 5.32 Å². The summed E-state index contributed by atoms with van der Waals surface area (Å²) in [6, 6.07) is 16.1. The number of hydrogen-bond acceptors (Lipinski definition) is 4. The Labute approximate surface area is 166 Å². The highest BCUT2D eigenvalue weighted by molar-refractivity contribution is 5.94. The van der Waals surface area contributed by atoms with Crippen LogP contribution in [0, 0.1) is 0 Å². The van der Waals surface area contributed by atoms with Gasteiger partial charge in [-0.2, -0.15) is 0 Å². The molecule has 3 aromatic rings. The van der Waals surface area contributed by atoms with Gasteiger partial charge in [0.15, 0.2) is 0 Å². The predicted molar refractivity (Wildman–Crippen MR) is 113 cm³/mol. The van der Waals surface area contributed by atoms with Crippen LogP contribution in [0.5, 0.6) is 0 Å². The summed E-state index contributed by atoms with van der Waals surface area (Å²) in [6.45, 7) is 6.21. The average Bonchev–Trinajstić information content (AvgIpc) is 2.75. The summed E-state index contributed by atoms with van der Waals surface area (Å²) in [4.78, 5) is 21.2. The third kappa shape index (κ3) is 4.55. The molecule has 0 aliphatic carbocycles. The van der Waals surface area contributed by atoms with Gasteiger partial charge in [0.1, 0.15) is 0 Å². The molecular formula is C23H26N4O. The first-order valence-electron chi connectivity index (χ1n) is 9.68. The van der Waals surface area contributed by atoms with Crippen LogP contribution in [0.25, 0.3) is 0 Å². The van der Waals surface area contributed by atoms with Crippen LogP contribution in [0.4, 0.5) is 11.6 Å². The van der Waals surface area contributed by atoms with Crippen LogP contribution in [-0.2, 0) is 12.8 Å². The number of anilines is 2. The summed E-state index contributed by atoms with van der Waals surface area (Å²) in [6.07, 6.45) is 4.97. The van der Waals surface area contributed by atoms with Crippen LogP contribution < -0.4 is 10.6 Å². The quantitative estimate of drug-likeness (QED) is 0.621. The van der Waals surface area contributed by atoms with Crippen LogP contribution in [-0.4, -0.2) is 15.9 Å². The lowest BCUT2D eigenvalue weighted by Gasteiger charge is -2.15. The molecule has 0 spiro atoms. The lowest BCUT2D eigenvalue weighted by molar-refractivity contribution is 0.0939. The molecule has 3 rings (SSSR count). The second-order valence-corrected chi connectivity index (χ2v) is 6.68. The fraction of sp³-hybridized carbons (Fsp3) is 0.261. The zero-order chi connectivity index (χ0) is 19.9. The van der Waals surface area contributed by atoms with Crippen molar-refractivity contribution in [2.24, 2.45) is 0 Å². The lowest BCUT2D eigenvalue weighted by Crippen LogP contribution is -2.26. The molecule has 1 aromatic heterocycles. The predicted octanol–water partition coefficient (Wildman–Crippen LogP) is 4.84. The Bertz CT molecular complexity index is 901. The van der Waals surface area contributed by atoms with Gasteiger partial charge in [0.05, 0.1) is 11.6 Å². The van der Waals surface area contributed by atoms with Gasteiger partial charge < -0.3 is 10.6 Å². The molecule has 5 heteroatoms. The molecule has 0 saturated carbocycles. The van der Waals surface area contributed by atoms with E-state index < -0.39 is 0 Å². The van der Waals surface area contributed by atoms with Gasteiger partial charge in [-0.25, -0.2) is 9.97 Å². The third-order valence-electron chi connectivity index (χ3n) is 4.80. The standard InChI is InChI=1S/C23H26N4O/c1-4-17-12-9-13-18(5-2)21(17)27-23-24-14-20(15-25-23)22(28)26-16(3)19-10-7-6-8-11-19/h6-16H,4-5H2,1-3H3,(H,26,28)(H,24,25,27). The number of nitrogens with zero attached hydrogens (tertiary/aromatic N) is 2. The molecule has 0 saturated heterocycles. The molecule has 0 aliphatic rings. The fourth-order valence-electron chi connectivity index (χ4n) is 3.13. The molecule has 2 aromatic carbocycles. The van der Waals surface area contributed by atoms with E-state index in [9.17, 15) is 4.79 Å². The lowest BCUT2D eigenvalue weighted by atomic mass is 10.0. The smallest absolute Gasteiger partial charge is 0.254 e. The van der Waals surface area contributed by atoms with E-state index in [2.05, 4.69) is 52.6 Å². The van der Waals surface area contributed by atoms with Crippen molar-refractivity contribution in [3.8, 4) is 0 Å². The minimum Gasteiger partial charge on any atom is -0.345 e. The summed E-state index contributed by atoms with van der Waals surface area (Å²) >= 11 is 0. The summed E-state index contributed by atoms with van der Waals surface area (Å²) in [7, 11) is 0. The molecule has 5 nitrogen and oxygen atoms in total. The second-order valence-electron chi connectivity index (χ2n) is 6.68. The number of hydrogen-bond donors (Lipinski definition) is 2. The van der Waals surface area contributed by atoms with E-state index >= 15 is 0 Å². The highest BCUT2D eigenvalue weighted by Crippen LogP contribution is 2.25. The largest absolute Gasteiger partial charge is 0.345 e. The van der Waals surface area contributed by atoms with E-state index in [1.807, 2.05) is 37.3 Å². The van der Waals surface area contributed by atoms with Crippen molar-refractivity contribution in [3.63, 3.8) is 0 Å². The molecule has 28 heavy (non-hydrogen) atoms. The Morgan fingerprint density at radius 2 is 1.54 bits per heavy atom. The first kappa shape index (κ1) is 19.5. The number of carbonyl (C=O) groups excluding carboxylic acids is 1. The summed E-state index contributed by atoms with van der Waals surface area (Å²) < 4.78 is 0. The monoisotopic (exact) mass is 374 g/mol. The number of benzene rings is 2. The molecule has 1 amide bonds. The highest BCUT2D eigenvalue weighted by Gasteiger charge is 2.13. The molecule has 1 atom stereocenters. The minimum absolute atomic E-state index is 0.0879. The summed E-state index contributed by atoms with van der Waals surface area (Å²) in [5.41, 5.74) is 5.00. The number of amides is 1. The van der Waals surface area contributed by atoms with Crippen LogP contribution in [0.15, 0.2) is 60.9 Å². The van der Waals surface area contributed by atoms with Crippen molar-refractivity contribution < 1.29 is 4.79 Å². The topological polar surface area (TPSA) is 66.9 Å². The molecular weight excluding hydrogens is 348 g/mol. The van der Waals surface area contributed by atoms with E-state index in [-0.39, 0.29) is 11.9 Å². The maximum atomic E-state index is 12.5. The molecule has 0 fully saturated rings. The van der Waals surface area contributed by atoms with Gasteiger partial charge in [-0.15, -0.1) is 0 Å². The third-order valence-corrected chi connectivity index (χ3v) is 4.80. The Kier molecular flexibility index (Phi) is 6.37. The maximum absolute atomic E-state index is 12.5. The number of nitrogens with one attached hydrogen (secondary N) is 2. The molecule has 0 aliphatic heterocycles. The number of para-hydroxylation sites is 1. The highest BCUT2D eigenvalue weighted by atomic mass is 16.1. The number of rotatable bonds is 7. The molecule has 1 heterocycles. The first-order chi connectivity index (χ1) is 13.6. The van der Waals surface area contributed by atoms with Crippen molar-refractivity contribution in [1.29, 1.82) is 0 Å². The Balaban J connectivity index is 1.71. The Morgan fingerprint density at radius 3 is 2.11 bits per heavy atom. The molecule has 0 radical (unpaired) electrons. The van der Waals surface area contributed by atoms with Crippen molar-refractivity contribution in [2.45, 2.75) is 39.7 Å². The van der Waals surface area contributed by atoms with Gasteiger partial charge in [-0.05, 0) is 36.5 Å². The zero-order valence-electron chi connectivity index (χ0n) is 16.6. The number of carbonyl (C=O) groups is 1. The zero-order valence-corrected chi connectivity index (χ0v) is 16.6. The minimum atomic E-state index is -0.189. The van der Waals surface area contributed by atoms with Gasteiger partial charge >= 0.3 is 0 Å². The van der Waals surface area contributed by atoms with Gasteiger partial charge in [-0.3, -0.25) is 4.79 Å². The first-order valence-corrected chi connectivity index (χ1v) is 9.68. The van der Waals surface area contributed by atoms with E-state index in [0.717, 1.165) is 24.1 Å². The van der Waals surface area contributed by atoms with Gasteiger partial charge in [0.25, 0.3) is 5.91 Å². The summed E-state index contributed by atoms with van der Waals surface area (Å²) in [5, 5.41) is 6.30. The number of aromatic nitrogens is 2. The molecule has 1 unspecified atom stereocenters. The normalized spacial score (nSPS) is 11.7. The van der Waals surface area contributed by atoms with Crippen LogP contribution in [0.1, 0.15) is 53.9 Å². The van der Waals surface area contributed by atoms with Gasteiger partial charge in [0, 0.05) is 18.1 Å². The number of aryl methyl sites for hydroxylation is 2. The van der Waals surface area contributed by atoms with Crippen LogP contribution in [0.3, 0.4) is 0 Å². The molecule has 0 bridgehead atoms. The Hall–Kier alpha value is -3.21. The SMILES string of the molecule is CCc1cccc(CC)c1Nc1ncc(C(=O)NC(C)c2ccccc2)cn1. The molecule has 144 valence electrons. The molecule has 2 N–H and O–H groups in total. The summed E-state index contributed by atoms with van der Waals surface area (Å²) in [5.74, 6) is 0.300. The van der Waals surface area contributed by atoms with Crippen molar-refractivity contribution in [3.05, 3.63) is 83.2 Å². The van der Waals surface area contributed by atoms with Crippen molar-refractivity contribution in [1.82, 2.24) is 15.3 Å². The van der Waals surface area contributed by atoms with E-state index in [1.165, 1.54) is 11.1 Å². The van der Waals surface area contributed by atoms with Crippen molar-refractivity contribution >= 4 is 17.5 Å². The van der Waals surface area contributed by atoms with Gasteiger partial charge in [0.2, 0.25) is 5.95 Å². The van der Waals surface area contributed by atoms with Gasteiger partial charge in [-0.1, -0.05) is 62.4 Å². The Morgan fingerprint density at radius 1 is 0.929 bits per heavy atom. The van der Waals surface area contributed by atoms with Crippen LogP contribution in [0.2, 0.25) is 0 Å². The fourth-order valence-corrected chi connectivity index (χ4v) is 3.13. The maximum Gasteiger partial charge on any atom is 0.254 e. The second kappa shape index (κ2) is 9.13. The van der Waals surface area contributed by atoms with E-state index in [1.54, 1.807) is 12.4 Å². The van der Waals surface area contributed by atoms with E-state index in [4.69, 9.17) is 0 Å². The average molecular weight is 374 g/mol. The van der Waals surface area contributed by atoms with Crippen LogP contribution >= 0.6 is 0 Å². The van der Waals surface area contributed by atoms with E-state index in [0.29, 0.717) is 11.5 Å².